The van der Waals surface area contributed by atoms with Gasteiger partial charge in [-0.15, -0.1) is 0 Å². The molecule has 1 aliphatic heterocycles. The zero-order valence-corrected chi connectivity index (χ0v) is 18.2. The van der Waals surface area contributed by atoms with Gasteiger partial charge in [-0.1, -0.05) is 24.3 Å². The maximum absolute atomic E-state index is 13.3. The summed E-state index contributed by atoms with van der Waals surface area (Å²) in [7, 11) is 0. The number of carbonyl (C=O) groups excluding carboxylic acids is 2. The van der Waals surface area contributed by atoms with E-state index in [1.54, 1.807) is 35.5 Å². The second-order valence-electron chi connectivity index (χ2n) is 8.03. The maximum Gasteiger partial charge on any atom is 0.260 e. The van der Waals surface area contributed by atoms with Gasteiger partial charge in [-0.05, 0) is 35.7 Å². The van der Waals surface area contributed by atoms with Crippen molar-refractivity contribution >= 4 is 11.8 Å². The number of amides is 2. The standard InChI is InChI=1S/C25H22N6O3/c32-24(21-14-28-29-23(21)18-6-3-10-26-13-18)27-15-22-20-8-2-1-5-17(20)9-12-31(22)25(33)19-7-4-11-30(34)16-19/h1-8,10-11,13-14,16,22H,9,12,15H2,(H,27,32)(H,28,29). The molecule has 2 amide bonds. The Hall–Kier alpha value is -4.53. The molecule has 2 N–H and O–H groups in total. The molecule has 1 unspecified atom stereocenters. The van der Waals surface area contributed by atoms with Crippen LogP contribution in [-0.4, -0.2) is 45.0 Å². The molecule has 1 aromatic carbocycles. The zero-order valence-electron chi connectivity index (χ0n) is 18.2. The smallest absolute Gasteiger partial charge is 0.260 e. The highest BCUT2D eigenvalue weighted by Gasteiger charge is 2.32. The number of benzene rings is 1. The van der Waals surface area contributed by atoms with Crippen molar-refractivity contribution in [3.63, 3.8) is 0 Å². The fourth-order valence-electron chi connectivity index (χ4n) is 4.34. The molecular formula is C25H22N6O3. The fraction of sp³-hybridized carbons (Fsp3) is 0.160. The number of nitrogens with one attached hydrogen (secondary N) is 2. The molecular weight excluding hydrogens is 432 g/mol. The van der Waals surface area contributed by atoms with E-state index in [4.69, 9.17) is 0 Å². The molecule has 170 valence electrons. The molecule has 34 heavy (non-hydrogen) atoms. The Morgan fingerprint density at radius 3 is 2.85 bits per heavy atom. The summed E-state index contributed by atoms with van der Waals surface area (Å²) in [5.41, 5.74) is 4.14. The number of aromatic amines is 1. The van der Waals surface area contributed by atoms with Crippen LogP contribution in [0, 0.1) is 5.21 Å². The van der Waals surface area contributed by atoms with Gasteiger partial charge in [0, 0.05) is 37.1 Å². The number of hydrogen-bond donors (Lipinski definition) is 2. The number of H-pyrrole nitrogens is 1. The topological polar surface area (TPSA) is 118 Å². The lowest BCUT2D eigenvalue weighted by Crippen LogP contribution is -2.45. The van der Waals surface area contributed by atoms with Crippen LogP contribution < -0.4 is 10.0 Å². The van der Waals surface area contributed by atoms with Gasteiger partial charge in [0.05, 0.1) is 23.5 Å². The second-order valence-corrected chi connectivity index (χ2v) is 8.03. The zero-order chi connectivity index (χ0) is 23.5. The van der Waals surface area contributed by atoms with Gasteiger partial charge in [-0.25, -0.2) is 0 Å². The van der Waals surface area contributed by atoms with Crippen molar-refractivity contribution in [3.05, 3.63) is 107 Å². The van der Waals surface area contributed by atoms with Crippen molar-refractivity contribution in [1.82, 2.24) is 25.4 Å². The largest absolute Gasteiger partial charge is 0.619 e. The molecule has 0 fully saturated rings. The number of fused-ring (bicyclic) bond motifs is 1. The lowest BCUT2D eigenvalue weighted by Gasteiger charge is -2.37. The Morgan fingerprint density at radius 1 is 1.15 bits per heavy atom. The van der Waals surface area contributed by atoms with E-state index >= 15 is 0 Å². The summed E-state index contributed by atoms with van der Waals surface area (Å²) in [4.78, 5) is 32.2. The van der Waals surface area contributed by atoms with E-state index in [1.807, 2.05) is 30.3 Å². The third kappa shape index (κ3) is 4.11. The number of pyridine rings is 2. The number of hydrogen-bond acceptors (Lipinski definition) is 5. The monoisotopic (exact) mass is 454 g/mol. The molecule has 0 saturated carbocycles. The summed E-state index contributed by atoms with van der Waals surface area (Å²) in [6, 6.07) is 14.3. The molecule has 5 rings (SSSR count). The summed E-state index contributed by atoms with van der Waals surface area (Å²) < 4.78 is 0.612. The van der Waals surface area contributed by atoms with Gasteiger partial charge in [0.15, 0.2) is 12.4 Å². The third-order valence-corrected chi connectivity index (χ3v) is 5.99. The quantitative estimate of drug-likeness (QED) is 0.354. The van der Waals surface area contributed by atoms with E-state index in [0.29, 0.717) is 34.5 Å². The van der Waals surface area contributed by atoms with E-state index in [0.717, 1.165) is 16.7 Å². The molecule has 0 bridgehead atoms. The molecule has 0 radical (unpaired) electrons. The van der Waals surface area contributed by atoms with Crippen molar-refractivity contribution in [2.75, 3.05) is 13.1 Å². The van der Waals surface area contributed by atoms with Gasteiger partial charge in [-0.2, -0.15) is 9.83 Å². The van der Waals surface area contributed by atoms with Gasteiger partial charge < -0.3 is 15.4 Å². The van der Waals surface area contributed by atoms with Crippen LogP contribution in [0.3, 0.4) is 0 Å². The normalized spacial score (nSPS) is 14.9. The Balaban J connectivity index is 1.41. The van der Waals surface area contributed by atoms with Crippen LogP contribution in [0.15, 0.2) is 79.5 Å². The first kappa shape index (κ1) is 21.3. The van der Waals surface area contributed by atoms with Crippen LogP contribution in [0.5, 0.6) is 0 Å². The molecule has 3 aromatic heterocycles. The average Bonchev–Trinajstić information content (AvgIpc) is 3.37. The summed E-state index contributed by atoms with van der Waals surface area (Å²) in [6.07, 6.45) is 8.10. The second kappa shape index (κ2) is 9.14. The number of carbonyl (C=O) groups is 2. The lowest BCUT2D eigenvalue weighted by atomic mass is 9.92. The lowest BCUT2D eigenvalue weighted by molar-refractivity contribution is -0.605. The van der Waals surface area contributed by atoms with Crippen LogP contribution in [0.25, 0.3) is 11.3 Å². The number of aromatic nitrogens is 4. The van der Waals surface area contributed by atoms with E-state index in [1.165, 1.54) is 18.6 Å². The Kier molecular flexibility index (Phi) is 5.73. The molecule has 0 saturated heterocycles. The van der Waals surface area contributed by atoms with Crippen molar-refractivity contribution in [2.24, 2.45) is 0 Å². The third-order valence-electron chi connectivity index (χ3n) is 5.99. The summed E-state index contributed by atoms with van der Waals surface area (Å²) in [5, 5.41) is 21.6. The highest BCUT2D eigenvalue weighted by Crippen LogP contribution is 2.30. The Morgan fingerprint density at radius 2 is 2.03 bits per heavy atom. The first-order valence-corrected chi connectivity index (χ1v) is 10.9. The van der Waals surface area contributed by atoms with Crippen LogP contribution in [0.4, 0.5) is 0 Å². The number of nitrogens with zero attached hydrogens (tertiary/aromatic N) is 4. The summed E-state index contributed by atoms with van der Waals surface area (Å²) >= 11 is 0. The van der Waals surface area contributed by atoms with Crippen molar-refractivity contribution < 1.29 is 14.3 Å². The van der Waals surface area contributed by atoms with Gasteiger partial charge in [-0.3, -0.25) is 19.7 Å². The fourth-order valence-corrected chi connectivity index (χ4v) is 4.34. The van der Waals surface area contributed by atoms with Crippen molar-refractivity contribution in [2.45, 2.75) is 12.5 Å². The van der Waals surface area contributed by atoms with E-state index in [9.17, 15) is 14.8 Å². The molecule has 9 heteroatoms. The van der Waals surface area contributed by atoms with E-state index in [2.05, 4.69) is 20.5 Å². The van der Waals surface area contributed by atoms with Gasteiger partial charge >= 0.3 is 0 Å². The minimum atomic E-state index is -0.379. The maximum atomic E-state index is 13.3. The predicted octanol–water partition coefficient (Wildman–Crippen LogP) is 2.27. The van der Waals surface area contributed by atoms with E-state index < -0.39 is 0 Å². The van der Waals surface area contributed by atoms with Crippen molar-refractivity contribution in [1.29, 1.82) is 0 Å². The highest BCUT2D eigenvalue weighted by molar-refractivity contribution is 5.99. The van der Waals surface area contributed by atoms with Crippen LogP contribution in [-0.2, 0) is 6.42 Å². The average molecular weight is 454 g/mol. The Labute approximate surface area is 195 Å². The van der Waals surface area contributed by atoms with Crippen LogP contribution in [0.1, 0.15) is 37.9 Å². The molecule has 9 nitrogen and oxygen atoms in total. The van der Waals surface area contributed by atoms with Gasteiger partial charge in [0.2, 0.25) is 0 Å². The predicted molar refractivity (Wildman–Crippen MR) is 123 cm³/mol. The first-order valence-electron chi connectivity index (χ1n) is 10.9. The SMILES string of the molecule is O=C(NCC1c2ccccc2CCN1C(=O)c1ccc[n+]([O-])c1)c1cn[nH]c1-c1cccnc1. The van der Waals surface area contributed by atoms with Crippen LogP contribution in [0.2, 0.25) is 0 Å². The molecule has 4 heterocycles. The Bertz CT molecular complexity index is 1340. The molecule has 1 atom stereocenters. The summed E-state index contributed by atoms with van der Waals surface area (Å²) in [5.74, 6) is -0.557. The van der Waals surface area contributed by atoms with Crippen LogP contribution >= 0.6 is 0 Å². The first-order chi connectivity index (χ1) is 16.6. The van der Waals surface area contributed by atoms with Gasteiger partial charge in [0.1, 0.15) is 5.56 Å². The molecule has 0 spiro atoms. The van der Waals surface area contributed by atoms with Crippen molar-refractivity contribution in [3.8, 4) is 11.3 Å². The summed E-state index contributed by atoms with van der Waals surface area (Å²) in [6.45, 7) is 0.695. The molecule has 4 aromatic rings. The number of rotatable bonds is 5. The molecule has 1 aliphatic rings. The highest BCUT2D eigenvalue weighted by atomic mass is 16.5. The molecule has 0 aliphatic carbocycles. The minimum absolute atomic E-state index is 0.212. The van der Waals surface area contributed by atoms with Gasteiger partial charge in [0.25, 0.3) is 11.8 Å². The minimum Gasteiger partial charge on any atom is -0.619 e. The van der Waals surface area contributed by atoms with E-state index in [-0.39, 0.29) is 24.4 Å².